The van der Waals surface area contributed by atoms with Crippen molar-refractivity contribution in [1.82, 2.24) is 5.32 Å². The van der Waals surface area contributed by atoms with Gasteiger partial charge in [0.1, 0.15) is 5.41 Å². The Morgan fingerprint density at radius 3 is 2.25 bits per heavy atom. The third-order valence-electron chi connectivity index (χ3n) is 4.84. The lowest BCUT2D eigenvalue weighted by Crippen LogP contribution is -2.45. The Labute approximate surface area is 137 Å². The molecule has 0 aliphatic heterocycles. The van der Waals surface area contributed by atoms with E-state index in [1.54, 1.807) is 0 Å². The molecule has 24 heavy (non-hydrogen) atoms. The lowest BCUT2D eigenvalue weighted by atomic mass is 9.94. The highest BCUT2D eigenvalue weighted by atomic mass is 19.2. The van der Waals surface area contributed by atoms with Gasteiger partial charge in [0, 0.05) is 6.04 Å². The molecule has 0 unspecified atom stereocenters. The molecule has 2 aliphatic carbocycles. The van der Waals surface area contributed by atoms with Crippen molar-refractivity contribution < 1.29 is 22.8 Å². The summed E-state index contributed by atoms with van der Waals surface area (Å²) in [5.74, 6) is -5.49. The summed E-state index contributed by atoms with van der Waals surface area (Å²) >= 11 is 0. The molecule has 2 saturated carbocycles. The largest absolute Gasteiger partial charge is 0.352 e. The molecule has 0 spiro atoms. The van der Waals surface area contributed by atoms with Gasteiger partial charge in [0.15, 0.2) is 17.5 Å². The zero-order valence-electron chi connectivity index (χ0n) is 13.1. The van der Waals surface area contributed by atoms with E-state index in [1.165, 1.54) is 0 Å². The minimum Gasteiger partial charge on any atom is -0.352 e. The molecule has 130 valence electrons. The van der Waals surface area contributed by atoms with Gasteiger partial charge in [-0.25, -0.2) is 13.2 Å². The molecule has 0 saturated heterocycles. The first-order valence-electron chi connectivity index (χ1n) is 8.20. The molecule has 2 aliphatic rings. The van der Waals surface area contributed by atoms with Crippen LogP contribution in [0.1, 0.15) is 44.9 Å². The van der Waals surface area contributed by atoms with Crippen LogP contribution >= 0.6 is 0 Å². The number of amides is 2. The molecule has 0 bridgehead atoms. The van der Waals surface area contributed by atoms with Crippen molar-refractivity contribution in [2.45, 2.75) is 51.0 Å². The molecule has 2 amide bonds. The van der Waals surface area contributed by atoms with Crippen LogP contribution in [0.2, 0.25) is 0 Å². The van der Waals surface area contributed by atoms with Gasteiger partial charge in [-0.15, -0.1) is 0 Å². The third kappa shape index (κ3) is 3.12. The van der Waals surface area contributed by atoms with Gasteiger partial charge < -0.3 is 10.6 Å². The summed E-state index contributed by atoms with van der Waals surface area (Å²) in [7, 11) is 0. The molecule has 1 aromatic carbocycles. The zero-order valence-corrected chi connectivity index (χ0v) is 13.1. The predicted octanol–water partition coefficient (Wildman–Crippen LogP) is 3.27. The molecule has 2 fully saturated rings. The van der Waals surface area contributed by atoms with Crippen LogP contribution in [-0.2, 0) is 9.59 Å². The number of nitrogens with one attached hydrogen (secondary N) is 2. The Balaban J connectivity index is 1.68. The van der Waals surface area contributed by atoms with E-state index in [-0.39, 0.29) is 11.9 Å². The summed E-state index contributed by atoms with van der Waals surface area (Å²) in [6.45, 7) is 0. The number of hydrogen-bond donors (Lipinski definition) is 2. The second-order valence-electron chi connectivity index (χ2n) is 6.57. The highest BCUT2D eigenvalue weighted by molar-refractivity contribution is 6.13. The van der Waals surface area contributed by atoms with Gasteiger partial charge >= 0.3 is 0 Å². The smallest absolute Gasteiger partial charge is 0.240 e. The van der Waals surface area contributed by atoms with Crippen molar-refractivity contribution in [3.05, 3.63) is 29.6 Å². The molecule has 0 aromatic heterocycles. The maximum Gasteiger partial charge on any atom is 0.240 e. The molecule has 3 rings (SSSR count). The first-order valence-corrected chi connectivity index (χ1v) is 8.20. The van der Waals surface area contributed by atoms with E-state index in [2.05, 4.69) is 10.6 Å². The lowest BCUT2D eigenvalue weighted by Gasteiger charge is -2.25. The van der Waals surface area contributed by atoms with E-state index in [1.807, 2.05) is 0 Å². The van der Waals surface area contributed by atoms with Gasteiger partial charge in [-0.05, 0) is 37.8 Å². The summed E-state index contributed by atoms with van der Waals surface area (Å²) in [5.41, 5.74) is -1.69. The summed E-state index contributed by atoms with van der Waals surface area (Å²) in [4.78, 5) is 24.8. The molecule has 2 N–H and O–H groups in total. The van der Waals surface area contributed by atoms with Crippen molar-refractivity contribution in [1.29, 1.82) is 0 Å². The van der Waals surface area contributed by atoms with Crippen LogP contribution in [-0.4, -0.2) is 17.9 Å². The van der Waals surface area contributed by atoms with Crippen molar-refractivity contribution >= 4 is 17.5 Å². The Bertz CT molecular complexity index is 668. The average Bonchev–Trinajstić information content (AvgIpc) is 3.38. The third-order valence-corrected chi connectivity index (χ3v) is 4.84. The van der Waals surface area contributed by atoms with Crippen LogP contribution in [0.5, 0.6) is 0 Å². The van der Waals surface area contributed by atoms with Gasteiger partial charge in [-0.1, -0.05) is 19.3 Å². The molecule has 1 aromatic rings. The second kappa shape index (κ2) is 6.45. The number of benzene rings is 1. The minimum absolute atomic E-state index is 0.0662. The van der Waals surface area contributed by atoms with Gasteiger partial charge in [0.25, 0.3) is 0 Å². The fourth-order valence-corrected chi connectivity index (χ4v) is 3.12. The maximum atomic E-state index is 13.7. The number of hydrogen-bond acceptors (Lipinski definition) is 2. The summed E-state index contributed by atoms with van der Waals surface area (Å²) in [5, 5.41) is 5.11. The first kappa shape index (κ1) is 16.8. The highest BCUT2D eigenvalue weighted by Crippen LogP contribution is 2.47. The number of halogens is 3. The number of carbonyl (C=O) groups is 2. The monoisotopic (exact) mass is 340 g/mol. The topological polar surface area (TPSA) is 58.2 Å². The Hall–Kier alpha value is -2.05. The van der Waals surface area contributed by atoms with Crippen LogP contribution < -0.4 is 10.6 Å². The fraction of sp³-hybridized carbons (Fsp3) is 0.529. The van der Waals surface area contributed by atoms with Gasteiger partial charge in [-0.3, -0.25) is 9.59 Å². The number of carbonyl (C=O) groups excluding carboxylic acids is 2. The minimum atomic E-state index is -1.65. The molecular formula is C17H19F3N2O2. The Kier molecular flexibility index (Phi) is 4.51. The highest BCUT2D eigenvalue weighted by Gasteiger charge is 2.57. The van der Waals surface area contributed by atoms with E-state index in [0.29, 0.717) is 12.8 Å². The summed E-state index contributed by atoms with van der Waals surface area (Å²) < 4.78 is 39.9. The van der Waals surface area contributed by atoms with Crippen LogP contribution in [0.3, 0.4) is 0 Å². The van der Waals surface area contributed by atoms with E-state index in [4.69, 9.17) is 0 Å². The molecule has 7 heteroatoms. The van der Waals surface area contributed by atoms with Crippen molar-refractivity contribution in [2.24, 2.45) is 5.41 Å². The lowest BCUT2D eigenvalue weighted by molar-refractivity contribution is -0.135. The zero-order chi connectivity index (χ0) is 17.3. The normalized spacial score (nSPS) is 19.6. The van der Waals surface area contributed by atoms with Crippen LogP contribution in [0, 0.1) is 22.9 Å². The maximum absolute atomic E-state index is 13.7. The van der Waals surface area contributed by atoms with E-state index in [9.17, 15) is 22.8 Å². The molecule has 4 nitrogen and oxygen atoms in total. The number of rotatable bonds is 4. The second-order valence-corrected chi connectivity index (χ2v) is 6.57. The van der Waals surface area contributed by atoms with Crippen molar-refractivity contribution in [3.8, 4) is 0 Å². The Morgan fingerprint density at radius 1 is 0.958 bits per heavy atom. The standard InChI is InChI=1S/C17H19F3N2O2/c18-11-6-7-12(14(20)13(11)19)22-16(24)17(8-9-17)15(23)21-10-4-2-1-3-5-10/h6-7,10H,1-5,8-9H2,(H,21,23)(H,22,24). The van der Waals surface area contributed by atoms with Crippen molar-refractivity contribution in [2.75, 3.05) is 5.32 Å². The van der Waals surface area contributed by atoms with Crippen LogP contribution in [0.15, 0.2) is 12.1 Å². The van der Waals surface area contributed by atoms with Crippen molar-refractivity contribution in [3.63, 3.8) is 0 Å². The molecular weight excluding hydrogens is 321 g/mol. The first-order chi connectivity index (χ1) is 11.4. The van der Waals surface area contributed by atoms with Gasteiger partial charge in [0.05, 0.1) is 5.69 Å². The van der Waals surface area contributed by atoms with Crippen LogP contribution in [0.4, 0.5) is 18.9 Å². The molecule has 0 heterocycles. The fourth-order valence-electron chi connectivity index (χ4n) is 3.12. The molecule has 0 radical (unpaired) electrons. The van der Waals surface area contributed by atoms with Gasteiger partial charge in [0.2, 0.25) is 11.8 Å². The average molecular weight is 340 g/mol. The van der Waals surface area contributed by atoms with E-state index in [0.717, 1.165) is 44.2 Å². The molecule has 0 atom stereocenters. The summed E-state index contributed by atoms with van der Waals surface area (Å²) in [6, 6.07) is 1.74. The van der Waals surface area contributed by atoms with Crippen LogP contribution in [0.25, 0.3) is 0 Å². The summed E-state index contributed by atoms with van der Waals surface area (Å²) in [6.07, 6.45) is 5.75. The SMILES string of the molecule is O=C(Nc1ccc(F)c(F)c1F)C1(C(=O)NC2CCCCC2)CC1. The quantitative estimate of drug-likeness (QED) is 0.653. The van der Waals surface area contributed by atoms with E-state index < -0.39 is 34.5 Å². The predicted molar refractivity (Wildman–Crippen MR) is 81.6 cm³/mol. The number of anilines is 1. The Morgan fingerprint density at radius 2 is 1.62 bits per heavy atom. The van der Waals surface area contributed by atoms with Gasteiger partial charge in [-0.2, -0.15) is 0 Å². The van der Waals surface area contributed by atoms with E-state index >= 15 is 0 Å².